The number of carbonyl (C=O) groups excluding carboxylic acids is 2. The van der Waals surface area contributed by atoms with E-state index < -0.39 is 28.5 Å². The number of amides is 2. The molecular formula is C31H34Cl3N3O4S. The van der Waals surface area contributed by atoms with E-state index in [0.717, 1.165) is 41.1 Å². The second kappa shape index (κ2) is 14.1. The molecule has 3 aromatic rings. The largest absolute Gasteiger partial charge is 0.352 e. The minimum Gasteiger partial charge on any atom is -0.352 e. The minimum atomic E-state index is -4.26. The molecule has 0 saturated heterocycles. The van der Waals surface area contributed by atoms with Crippen LogP contribution in [-0.2, 0) is 26.2 Å². The van der Waals surface area contributed by atoms with Crippen molar-refractivity contribution in [1.82, 2.24) is 10.2 Å². The molecule has 0 aliphatic heterocycles. The Labute approximate surface area is 262 Å². The van der Waals surface area contributed by atoms with Crippen LogP contribution in [-0.4, -0.2) is 43.8 Å². The SMILES string of the molecule is CC[C@H](C(=O)NC1CCCC1)N(Cc1ccc(Cl)cc1)C(=O)CN(c1cc(Cl)ccc1Cl)S(=O)(=O)c1ccc(C)cc1. The number of halogens is 3. The molecule has 11 heteroatoms. The van der Waals surface area contributed by atoms with Crippen molar-refractivity contribution in [2.45, 2.75) is 69.5 Å². The Morgan fingerprint density at radius 1 is 0.929 bits per heavy atom. The van der Waals surface area contributed by atoms with Gasteiger partial charge < -0.3 is 10.2 Å². The monoisotopic (exact) mass is 649 g/mol. The summed E-state index contributed by atoms with van der Waals surface area (Å²) in [6, 6.07) is 17.0. The zero-order valence-electron chi connectivity index (χ0n) is 23.5. The van der Waals surface area contributed by atoms with Crippen molar-refractivity contribution in [3.63, 3.8) is 0 Å². The highest BCUT2D eigenvalue weighted by atomic mass is 35.5. The van der Waals surface area contributed by atoms with Gasteiger partial charge in [0.25, 0.3) is 10.0 Å². The summed E-state index contributed by atoms with van der Waals surface area (Å²) in [5, 5.41) is 4.00. The summed E-state index contributed by atoms with van der Waals surface area (Å²) in [4.78, 5) is 29.2. The molecule has 0 spiro atoms. The average Bonchev–Trinajstić information content (AvgIpc) is 3.47. The van der Waals surface area contributed by atoms with Crippen LogP contribution in [0, 0.1) is 6.92 Å². The maximum atomic E-state index is 14.2. The third-order valence-electron chi connectivity index (χ3n) is 7.42. The summed E-state index contributed by atoms with van der Waals surface area (Å²) >= 11 is 18.8. The van der Waals surface area contributed by atoms with Gasteiger partial charge in [-0.3, -0.25) is 13.9 Å². The van der Waals surface area contributed by atoms with Crippen LogP contribution in [0.2, 0.25) is 15.1 Å². The van der Waals surface area contributed by atoms with E-state index in [4.69, 9.17) is 34.8 Å². The van der Waals surface area contributed by atoms with E-state index in [2.05, 4.69) is 5.32 Å². The van der Waals surface area contributed by atoms with E-state index in [1.54, 1.807) is 42.5 Å². The van der Waals surface area contributed by atoms with Crippen LogP contribution in [0.3, 0.4) is 0 Å². The van der Waals surface area contributed by atoms with E-state index >= 15 is 0 Å². The molecule has 1 N–H and O–H groups in total. The predicted molar refractivity (Wildman–Crippen MR) is 169 cm³/mol. The third-order valence-corrected chi connectivity index (χ3v) is 10.00. The molecule has 1 atom stereocenters. The Hall–Kier alpha value is -2.78. The van der Waals surface area contributed by atoms with E-state index in [9.17, 15) is 18.0 Å². The Morgan fingerprint density at radius 3 is 2.17 bits per heavy atom. The second-order valence-electron chi connectivity index (χ2n) is 10.5. The number of hydrogen-bond acceptors (Lipinski definition) is 4. The number of rotatable bonds is 11. The number of hydrogen-bond donors (Lipinski definition) is 1. The van der Waals surface area contributed by atoms with Gasteiger partial charge in [-0.15, -0.1) is 0 Å². The third kappa shape index (κ3) is 7.78. The first-order valence-corrected chi connectivity index (χ1v) is 16.5. The van der Waals surface area contributed by atoms with Crippen molar-refractivity contribution in [3.8, 4) is 0 Å². The molecule has 1 aliphatic carbocycles. The first kappa shape index (κ1) is 32.1. The zero-order chi connectivity index (χ0) is 30.4. The average molecular weight is 651 g/mol. The van der Waals surface area contributed by atoms with Crippen molar-refractivity contribution < 1.29 is 18.0 Å². The molecule has 42 heavy (non-hydrogen) atoms. The molecule has 224 valence electrons. The van der Waals surface area contributed by atoms with Crippen molar-refractivity contribution in [2.24, 2.45) is 0 Å². The molecule has 0 unspecified atom stereocenters. The number of carbonyl (C=O) groups is 2. The van der Waals surface area contributed by atoms with Gasteiger partial charge in [0, 0.05) is 22.6 Å². The quantitative estimate of drug-likeness (QED) is 0.242. The number of sulfonamides is 1. The fraction of sp³-hybridized carbons (Fsp3) is 0.355. The molecule has 0 aromatic heterocycles. The highest BCUT2D eigenvalue weighted by Gasteiger charge is 2.35. The predicted octanol–water partition coefficient (Wildman–Crippen LogP) is 7.02. The summed E-state index contributed by atoms with van der Waals surface area (Å²) in [5.41, 5.74) is 1.69. The molecule has 0 bridgehead atoms. The van der Waals surface area contributed by atoms with Gasteiger partial charge in [0.1, 0.15) is 12.6 Å². The van der Waals surface area contributed by atoms with Crippen LogP contribution in [0.25, 0.3) is 0 Å². The van der Waals surface area contributed by atoms with E-state index in [-0.39, 0.29) is 39.1 Å². The first-order valence-electron chi connectivity index (χ1n) is 13.9. The van der Waals surface area contributed by atoms with Gasteiger partial charge in [-0.25, -0.2) is 8.42 Å². The summed E-state index contributed by atoms with van der Waals surface area (Å²) in [6.45, 7) is 3.16. The van der Waals surface area contributed by atoms with Gasteiger partial charge >= 0.3 is 0 Å². The Kier molecular flexibility index (Phi) is 10.8. The molecule has 3 aromatic carbocycles. The standard InChI is InChI=1S/C31H34Cl3N3O4S/c1-3-28(31(39)35-25-6-4-5-7-25)36(19-22-10-12-23(32)13-11-22)30(38)20-37(29-18-24(33)14-17-27(29)34)42(40,41)26-15-8-21(2)9-16-26/h8-18,25,28H,3-7,19-20H2,1-2H3,(H,35,39)/t28-/m1/s1. The number of benzene rings is 3. The van der Waals surface area contributed by atoms with Crippen LogP contribution in [0.5, 0.6) is 0 Å². The van der Waals surface area contributed by atoms with E-state index in [1.807, 2.05) is 13.8 Å². The zero-order valence-corrected chi connectivity index (χ0v) is 26.6. The second-order valence-corrected chi connectivity index (χ2v) is 13.6. The number of anilines is 1. The van der Waals surface area contributed by atoms with Gasteiger partial charge in [0.15, 0.2) is 0 Å². The molecule has 1 fully saturated rings. The van der Waals surface area contributed by atoms with Crippen LogP contribution in [0.1, 0.15) is 50.2 Å². The smallest absolute Gasteiger partial charge is 0.264 e. The molecule has 1 aliphatic rings. The number of nitrogens with zero attached hydrogens (tertiary/aromatic N) is 2. The van der Waals surface area contributed by atoms with Gasteiger partial charge in [-0.05, 0) is 74.2 Å². The topological polar surface area (TPSA) is 86.8 Å². The van der Waals surface area contributed by atoms with Gasteiger partial charge in [0.05, 0.1) is 15.6 Å². The van der Waals surface area contributed by atoms with Crippen molar-refractivity contribution in [1.29, 1.82) is 0 Å². The Morgan fingerprint density at radius 2 is 1.55 bits per heavy atom. The molecule has 0 heterocycles. The van der Waals surface area contributed by atoms with Crippen molar-refractivity contribution in [3.05, 3.63) is 92.9 Å². The summed E-state index contributed by atoms with van der Waals surface area (Å²) in [6.07, 6.45) is 4.20. The highest BCUT2D eigenvalue weighted by molar-refractivity contribution is 7.92. The van der Waals surface area contributed by atoms with Crippen LogP contribution >= 0.6 is 34.8 Å². The molecular weight excluding hydrogens is 617 g/mol. The Balaban J connectivity index is 1.74. The van der Waals surface area contributed by atoms with Gasteiger partial charge in [0.2, 0.25) is 11.8 Å². The molecule has 4 rings (SSSR count). The lowest BCUT2D eigenvalue weighted by Gasteiger charge is -2.34. The molecule has 1 saturated carbocycles. The maximum Gasteiger partial charge on any atom is 0.264 e. The number of aryl methyl sites for hydroxylation is 1. The lowest BCUT2D eigenvalue weighted by Crippen LogP contribution is -2.53. The van der Waals surface area contributed by atoms with Gasteiger partial charge in [-0.1, -0.05) is 84.4 Å². The highest BCUT2D eigenvalue weighted by Crippen LogP contribution is 2.33. The molecule has 7 nitrogen and oxygen atoms in total. The fourth-order valence-electron chi connectivity index (χ4n) is 5.10. The van der Waals surface area contributed by atoms with Crippen molar-refractivity contribution >= 4 is 62.3 Å². The van der Waals surface area contributed by atoms with Crippen LogP contribution < -0.4 is 9.62 Å². The molecule has 0 radical (unpaired) electrons. The summed E-state index contributed by atoms with van der Waals surface area (Å²) in [7, 11) is -4.26. The van der Waals surface area contributed by atoms with Crippen LogP contribution in [0.15, 0.2) is 71.6 Å². The van der Waals surface area contributed by atoms with Crippen molar-refractivity contribution in [2.75, 3.05) is 10.8 Å². The lowest BCUT2D eigenvalue weighted by atomic mass is 10.1. The molecule has 2 amide bonds. The van der Waals surface area contributed by atoms with Gasteiger partial charge in [-0.2, -0.15) is 0 Å². The first-order chi connectivity index (χ1) is 20.0. The maximum absolute atomic E-state index is 14.2. The van der Waals surface area contributed by atoms with E-state index in [1.165, 1.54) is 29.2 Å². The Bertz CT molecular complexity index is 1510. The number of nitrogens with one attached hydrogen (secondary N) is 1. The minimum absolute atomic E-state index is 0.00721. The summed E-state index contributed by atoms with van der Waals surface area (Å²) in [5.74, 6) is -0.828. The lowest BCUT2D eigenvalue weighted by molar-refractivity contribution is -0.140. The van der Waals surface area contributed by atoms with Crippen LogP contribution in [0.4, 0.5) is 5.69 Å². The fourth-order valence-corrected chi connectivity index (χ4v) is 7.09. The summed E-state index contributed by atoms with van der Waals surface area (Å²) < 4.78 is 29.0. The normalized spacial score (nSPS) is 14.4. The van der Waals surface area contributed by atoms with E-state index in [0.29, 0.717) is 11.4 Å².